The molecule has 2 aromatic carbocycles. The monoisotopic (exact) mass is 461 g/mol. The molecule has 0 atom stereocenters. The molecule has 0 saturated heterocycles. The minimum atomic E-state index is -1.00. The van der Waals surface area contributed by atoms with E-state index in [9.17, 15) is 14.5 Å². The lowest BCUT2D eigenvalue weighted by molar-refractivity contribution is -0.387. The van der Waals surface area contributed by atoms with Crippen LogP contribution in [0.3, 0.4) is 0 Å². The average Bonchev–Trinajstić information content (AvgIpc) is 2.70. The molecule has 1 heterocycles. The van der Waals surface area contributed by atoms with Gasteiger partial charge >= 0.3 is 5.69 Å². The lowest BCUT2D eigenvalue weighted by Crippen LogP contribution is -2.23. The van der Waals surface area contributed by atoms with E-state index in [1.165, 1.54) is 13.4 Å². The molecule has 0 bridgehead atoms. The summed E-state index contributed by atoms with van der Waals surface area (Å²) >= 11 is 6.32. The number of nitrogens with zero attached hydrogens (tertiary/aromatic N) is 3. The van der Waals surface area contributed by atoms with Crippen LogP contribution in [-0.2, 0) is 0 Å². The molecule has 3 aromatic rings. The highest BCUT2D eigenvalue weighted by molar-refractivity contribution is 6.32. The summed E-state index contributed by atoms with van der Waals surface area (Å²) in [5.41, 5.74) is -0.233. The number of nitro benzene ring substituents is 1. The largest absolute Gasteiger partial charge is 0.494 e. The quantitative estimate of drug-likeness (QED) is 0.333. The predicted octanol–water partition coefficient (Wildman–Crippen LogP) is 5.85. The van der Waals surface area contributed by atoms with Crippen molar-refractivity contribution >= 4 is 40.3 Å². The van der Waals surface area contributed by atoms with Gasteiger partial charge in [0.1, 0.15) is 35.1 Å². The summed E-state index contributed by atoms with van der Waals surface area (Å²) in [5, 5.41) is 17.5. The zero-order valence-corrected chi connectivity index (χ0v) is 18.5. The Morgan fingerprint density at radius 3 is 2.34 bits per heavy atom. The van der Waals surface area contributed by atoms with Gasteiger partial charge in [-0.15, -0.1) is 0 Å². The van der Waals surface area contributed by atoms with E-state index in [1.807, 2.05) is 20.8 Å². The molecular formula is C21H21ClFN5O4. The van der Waals surface area contributed by atoms with E-state index in [-0.39, 0.29) is 17.0 Å². The molecule has 0 aliphatic rings. The first kappa shape index (κ1) is 23.0. The molecule has 9 nitrogen and oxygen atoms in total. The maximum atomic E-state index is 13.9. The van der Waals surface area contributed by atoms with Crippen molar-refractivity contribution in [3.63, 3.8) is 0 Å². The van der Waals surface area contributed by atoms with Crippen LogP contribution in [-0.4, -0.2) is 27.6 Å². The normalized spacial score (nSPS) is 11.1. The van der Waals surface area contributed by atoms with Crippen molar-refractivity contribution in [2.75, 3.05) is 17.7 Å². The third-order valence-corrected chi connectivity index (χ3v) is 4.31. The van der Waals surface area contributed by atoms with Gasteiger partial charge < -0.3 is 20.1 Å². The first-order valence-electron chi connectivity index (χ1n) is 9.42. The summed E-state index contributed by atoms with van der Waals surface area (Å²) in [5.74, 6) is 0.375. The maximum Gasteiger partial charge on any atom is 0.307 e. The number of anilines is 4. The van der Waals surface area contributed by atoms with Crippen LogP contribution in [0.15, 0.2) is 42.7 Å². The number of hydrogen-bond donors (Lipinski definition) is 2. The van der Waals surface area contributed by atoms with Crippen LogP contribution in [0.5, 0.6) is 11.5 Å². The van der Waals surface area contributed by atoms with Gasteiger partial charge in [-0.1, -0.05) is 11.6 Å². The molecule has 3 rings (SSSR count). The Labute approximate surface area is 188 Å². The first-order valence-corrected chi connectivity index (χ1v) is 9.80. The highest BCUT2D eigenvalue weighted by Gasteiger charge is 2.19. The SMILES string of the molecule is COc1cc(F)c([N+](=O)[O-])cc1Nc1cc(Nc2ccc(OC(C)(C)C)c(Cl)c2)ncn1. The van der Waals surface area contributed by atoms with Gasteiger partial charge in [0.2, 0.25) is 5.82 Å². The molecule has 0 amide bonds. The number of benzene rings is 2. The third kappa shape index (κ3) is 5.73. The Morgan fingerprint density at radius 2 is 1.75 bits per heavy atom. The Kier molecular flexibility index (Phi) is 6.64. The first-order chi connectivity index (χ1) is 15.1. The summed E-state index contributed by atoms with van der Waals surface area (Å²) in [7, 11) is 1.33. The molecule has 0 fully saturated rings. The number of ether oxygens (including phenoxy) is 2. The van der Waals surface area contributed by atoms with Gasteiger partial charge in [-0.25, -0.2) is 9.97 Å². The molecule has 0 saturated carbocycles. The van der Waals surface area contributed by atoms with Crippen molar-refractivity contribution in [2.45, 2.75) is 26.4 Å². The van der Waals surface area contributed by atoms with Crippen molar-refractivity contribution in [1.82, 2.24) is 9.97 Å². The topological polar surface area (TPSA) is 111 Å². The van der Waals surface area contributed by atoms with E-state index in [4.69, 9.17) is 21.1 Å². The van der Waals surface area contributed by atoms with E-state index in [1.54, 1.807) is 24.3 Å². The van der Waals surface area contributed by atoms with Gasteiger partial charge in [0, 0.05) is 23.9 Å². The Balaban J connectivity index is 1.82. The molecule has 32 heavy (non-hydrogen) atoms. The van der Waals surface area contributed by atoms with Crippen molar-refractivity contribution in [2.24, 2.45) is 0 Å². The lowest BCUT2D eigenvalue weighted by atomic mass is 10.2. The standard InChI is InChI=1S/C21H21ClFN5O4/c1-21(2,3)32-17-6-5-12(7-13(17)22)26-19-10-20(25-11-24-19)27-15-9-16(28(29)30)14(23)8-18(15)31-4/h5-11H,1-4H3,(H2,24,25,26,27). The highest BCUT2D eigenvalue weighted by atomic mass is 35.5. The lowest BCUT2D eigenvalue weighted by Gasteiger charge is -2.22. The van der Waals surface area contributed by atoms with Crippen LogP contribution >= 0.6 is 11.6 Å². The van der Waals surface area contributed by atoms with Gasteiger partial charge in [-0.3, -0.25) is 10.1 Å². The zero-order chi connectivity index (χ0) is 23.5. The van der Waals surface area contributed by atoms with Crippen LogP contribution in [0.4, 0.5) is 33.1 Å². The molecule has 0 aliphatic carbocycles. The van der Waals surface area contributed by atoms with Crippen LogP contribution in [0.1, 0.15) is 20.8 Å². The summed E-state index contributed by atoms with van der Waals surface area (Å²) in [4.78, 5) is 18.5. The number of nitrogens with one attached hydrogen (secondary N) is 2. The van der Waals surface area contributed by atoms with Crippen molar-refractivity contribution in [1.29, 1.82) is 0 Å². The molecule has 168 valence electrons. The van der Waals surface area contributed by atoms with Gasteiger partial charge in [0.05, 0.1) is 22.7 Å². The summed E-state index contributed by atoms with van der Waals surface area (Å²) in [6, 6.07) is 8.78. The van der Waals surface area contributed by atoms with Crippen LogP contribution in [0.25, 0.3) is 0 Å². The van der Waals surface area contributed by atoms with Gasteiger partial charge in [-0.05, 0) is 39.0 Å². The molecule has 0 aliphatic heterocycles. The fraction of sp³-hybridized carbons (Fsp3) is 0.238. The molecule has 0 spiro atoms. The van der Waals surface area contributed by atoms with Crippen LogP contribution in [0, 0.1) is 15.9 Å². The number of aromatic nitrogens is 2. The average molecular weight is 462 g/mol. The van der Waals surface area contributed by atoms with E-state index in [0.717, 1.165) is 12.1 Å². The second-order valence-corrected chi connectivity index (χ2v) is 8.07. The maximum absolute atomic E-state index is 13.9. The Hall–Kier alpha value is -3.66. The molecule has 1 aromatic heterocycles. The Bertz CT molecular complexity index is 1150. The number of hydrogen-bond acceptors (Lipinski definition) is 8. The van der Waals surface area contributed by atoms with Crippen LogP contribution < -0.4 is 20.1 Å². The predicted molar refractivity (Wildman–Crippen MR) is 120 cm³/mol. The van der Waals surface area contributed by atoms with Crippen molar-refractivity contribution < 1.29 is 18.8 Å². The fourth-order valence-corrected chi connectivity index (χ4v) is 2.94. The summed E-state index contributed by atoms with van der Waals surface area (Å²) in [6.45, 7) is 5.78. The molecule has 0 unspecified atom stereocenters. The van der Waals surface area contributed by atoms with Crippen molar-refractivity contribution in [3.05, 3.63) is 63.7 Å². The van der Waals surface area contributed by atoms with E-state index < -0.39 is 16.4 Å². The number of rotatable bonds is 7. The molecule has 0 radical (unpaired) electrons. The number of nitro groups is 1. The van der Waals surface area contributed by atoms with E-state index in [0.29, 0.717) is 28.1 Å². The summed E-state index contributed by atoms with van der Waals surface area (Å²) < 4.78 is 24.8. The number of methoxy groups -OCH3 is 1. The van der Waals surface area contributed by atoms with E-state index >= 15 is 0 Å². The van der Waals surface area contributed by atoms with Crippen molar-refractivity contribution in [3.8, 4) is 11.5 Å². The van der Waals surface area contributed by atoms with E-state index in [2.05, 4.69) is 20.6 Å². The molecular weight excluding hydrogens is 441 g/mol. The van der Waals surface area contributed by atoms with Gasteiger partial charge in [-0.2, -0.15) is 4.39 Å². The highest BCUT2D eigenvalue weighted by Crippen LogP contribution is 2.34. The minimum absolute atomic E-state index is 0.0856. The Morgan fingerprint density at radius 1 is 1.06 bits per heavy atom. The van der Waals surface area contributed by atoms with Gasteiger partial charge in [0.25, 0.3) is 0 Å². The second kappa shape index (κ2) is 9.23. The third-order valence-electron chi connectivity index (χ3n) is 4.02. The number of halogens is 2. The fourth-order valence-electron chi connectivity index (χ4n) is 2.72. The molecule has 11 heteroatoms. The van der Waals surface area contributed by atoms with Crippen LogP contribution in [0.2, 0.25) is 5.02 Å². The summed E-state index contributed by atoms with van der Waals surface area (Å²) in [6.07, 6.45) is 1.30. The smallest absolute Gasteiger partial charge is 0.307 e. The zero-order valence-electron chi connectivity index (χ0n) is 17.8. The second-order valence-electron chi connectivity index (χ2n) is 7.66. The molecule has 2 N–H and O–H groups in total. The van der Waals surface area contributed by atoms with Gasteiger partial charge in [0.15, 0.2) is 0 Å². The minimum Gasteiger partial charge on any atom is -0.494 e.